The number of nitrogens with zero attached hydrogens (tertiary/aromatic N) is 3. The Labute approximate surface area is 197 Å². The Hall–Kier alpha value is -2.39. The maximum Gasteiger partial charge on any atom is 0.234 e. The Kier molecular flexibility index (Phi) is 6.18. The van der Waals surface area contributed by atoms with Gasteiger partial charge >= 0.3 is 0 Å². The van der Waals surface area contributed by atoms with Crippen molar-refractivity contribution in [1.29, 1.82) is 5.26 Å². The molecular formula is C27H37N5O. The van der Waals surface area contributed by atoms with E-state index in [0.717, 1.165) is 63.6 Å². The fraction of sp³-hybridized carbons (Fsp3) is 0.667. The summed E-state index contributed by atoms with van der Waals surface area (Å²) in [5, 5.41) is 16.6. The third-order valence-corrected chi connectivity index (χ3v) is 8.75. The number of hydrogen-bond acceptors (Lipinski definition) is 5. The van der Waals surface area contributed by atoms with Crippen LogP contribution < -0.4 is 10.6 Å². The molecule has 1 unspecified atom stereocenters. The number of amides is 1. The fourth-order valence-electron chi connectivity index (χ4n) is 6.85. The normalized spacial score (nSPS) is 28.9. The van der Waals surface area contributed by atoms with Crippen molar-refractivity contribution in [2.75, 3.05) is 32.7 Å². The highest BCUT2D eigenvalue weighted by atomic mass is 16.2. The van der Waals surface area contributed by atoms with Crippen molar-refractivity contribution in [2.45, 2.75) is 63.8 Å². The van der Waals surface area contributed by atoms with Gasteiger partial charge in [0.05, 0.1) is 36.2 Å². The van der Waals surface area contributed by atoms with E-state index < -0.39 is 5.41 Å². The molecule has 6 nitrogen and oxygen atoms in total. The monoisotopic (exact) mass is 447 g/mol. The van der Waals surface area contributed by atoms with E-state index in [2.05, 4.69) is 52.6 Å². The smallest absolute Gasteiger partial charge is 0.234 e. The lowest BCUT2D eigenvalue weighted by atomic mass is 9.63. The summed E-state index contributed by atoms with van der Waals surface area (Å²) in [6, 6.07) is 8.51. The zero-order valence-electron chi connectivity index (χ0n) is 20.1. The average Bonchev–Trinajstić information content (AvgIpc) is 3.36. The van der Waals surface area contributed by atoms with Crippen LogP contribution in [0, 0.1) is 29.1 Å². The third-order valence-electron chi connectivity index (χ3n) is 8.75. The van der Waals surface area contributed by atoms with Crippen molar-refractivity contribution in [3.63, 3.8) is 0 Å². The number of piperidine rings is 1. The molecule has 4 aliphatic rings. The summed E-state index contributed by atoms with van der Waals surface area (Å²) in [7, 11) is 0. The molecule has 1 saturated carbocycles. The Morgan fingerprint density at radius 1 is 1.18 bits per heavy atom. The molecule has 0 radical (unpaired) electrons. The van der Waals surface area contributed by atoms with Gasteiger partial charge in [-0.15, -0.1) is 0 Å². The van der Waals surface area contributed by atoms with Crippen LogP contribution in [-0.4, -0.2) is 49.4 Å². The first-order chi connectivity index (χ1) is 16.0. The molecule has 1 aliphatic carbocycles. The predicted molar refractivity (Wildman–Crippen MR) is 130 cm³/mol. The Morgan fingerprint density at radius 3 is 2.58 bits per heavy atom. The highest BCUT2D eigenvalue weighted by molar-refractivity contribution is 5.95. The fourth-order valence-corrected chi connectivity index (χ4v) is 6.85. The van der Waals surface area contributed by atoms with Gasteiger partial charge in [-0.2, -0.15) is 5.26 Å². The summed E-state index contributed by atoms with van der Waals surface area (Å²) >= 11 is 0. The molecule has 5 rings (SSSR count). The first-order valence-corrected chi connectivity index (χ1v) is 12.9. The maximum atomic E-state index is 14.4. The SMILES string of the molecule is CC(C)C1CCC(C2c3cc(C#N)ccc3C3(CCNCC3)C(=O)N2CC2=NCCN2)CC1. The third kappa shape index (κ3) is 3.95. The van der Waals surface area contributed by atoms with Crippen LogP contribution in [0.2, 0.25) is 0 Å². The molecule has 2 fully saturated rings. The van der Waals surface area contributed by atoms with Gasteiger partial charge in [0.1, 0.15) is 5.84 Å². The van der Waals surface area contributed by atoms with Gasteiger partial charge in [-0.3, -0.25) is 9.79 Å². The van der Waals surface area contributed by atoms with E-state index in [4.69, 9.17) is 0 Å². The number of amidine groups is 1. The highest BCUT2D eigenvalue weighted by Gasteiger charge is 2.52. The summed E-state index contributed by atoms with van der Waals surface area (Å²) in [5.41, 5.74) is 2.62. The van der Waals surface area contributed by atoms with Gasteiger partial charge in [0, 0.05) is 6.54 Å². The van der Waals surface area contributed by atoms with E-state index in [9.17, 15) is 10.1 Å². The maximum absolute atomic E-state index is 14.4. The van der Waals surface area contributed by atoms with E-state index in [-0.39, 0.29) is 11.9 Å². The summed E-state index contributed by atoms with van der Waals surface area (Å²) < 4.78 is 0. The number of nitrogens with one attached hydrogen (secondary N) is 2. The van der Waals surface area contributed by atoms with Crippen molar-refractivity contribution < 1.29 is 4.79 Å². The van der Waals surface area contributed by atoms with Gasteiger partial charge in [-0.25, -0.2) is 0 Å². The molecule has 1 saturated heterocycles. The molecule has 0 aromatic heterocycles. The number of fused-ring (bicyclic) bond motifs is 2. The lowest BCUT2D eigenvalue weighted by molar-refractivity contribution is -0.144. The summed E-state index contributed by atoms with van der Waals surface area (Å²) in [6.07, 6.45) is 6.36. The van der Waals surface area contributed by atoms with E-state index in [1.54, 1.807) is 0 Å². The molecule has 1 aromatic carbocycles. The second kappa shape index (κ2) is 9.10. The Bertz CT molecular complexity index is 963. The summed E-state index contributed by atoms with van der Waals surface area (Å²) in [5.74, 6) is 3.12. The van der Waals surface area contributed by atoms with Gasteiger partial charge in [0.25, 0.3) is 0 Å². The number of carbonyl (C=O) groups is 1. The number of hydrogen-bond donors (Lipinski definition) is 2. The molecule has 1 amide bonds. The lowest BCUT2D eigenvalue weighted by Gasteiger charge is -2.52. The molecule has 0 bridgehead atoms. The molecule has 3 aliphatic heterocycles. The van der Waals surface area contributed by atoms with E-state index >= 15 is 0 Å². The quantitative estimate of drug-likeness (QED) is 0.740. The molecule has 176 valence electrons. The van der Waals surface area contributed by atoms with Crippen molar-refractivity contribution in [2.24, 2.45) is 22.7 Å². The van der Waals surface area contributed by atoms with Crippen molar-refractivity contribution in [3.05, 3.63) is 34.9 Å². The molecule has 3 heterocycles. The molecule has 2 N–H and O–H groups in total. The molecular weight excluding hydrogens is 410 g/mol. The van der Waals surface area contributed by atoms with Crippen LogP contribution in [0.25, 0.3) is 0 Å². The van der Waals surface area contributed by atoms with Crippen LogP contribution in [0.3, 0.4) is 0 Å². The topological polar surface area (TPSA) is 80.5 Å². The predicted octanol–water partition coefficient (Wildman–Crippen LogP) is 3.53. The Morgan fingerprint density at radius 2 is 1.94 bits per heavy atom. The van der Waals surface area contributed by atoms with E-state index in [1.165, 1.54) is 24.0 Å². The molecule has 33 heavy (non-hydrogen) atoms. The number of carbonyl (C=O) groups excluding carboxylic acids is 1. The van der Waals surface area contributed by atoms with Gasteiger partial charge in [-0.05, 0) is 92.6 Å². The van der Waals surface area contributed by atoms with Crippen LogP contribution in [0.4, 0.5) is 0 Å². The first-order valence-electron chi connectivity index (χ1n) is 12.9. The van der Waals surface area contributed by atoms with Crippen LogP contribution in [0.15, 0.2) is 23.2 Å². The summed E-state index contributed by atoms with van der Waals surface area (Å²) in [6.45, 7) is 8.56. The van der Waals surface area contributed by atoms with Gasteiger partial charge in [0.15, 0.2) is 0 Å². The lowest BCUT2D eigenvalue weighted by Crippen LogP contribution is -2.59. The van der Waals surface area contributed by atoms with Gasteiger partial charge in [0.2, 0.25) is 5.91 Å². The second-order valence-electron chi connectivity index (χ2n) is 10.8. The van der Waals surface area contributed by atoms with E-state index in [0.29, 0.717) is 23.9 Å². The minimum atomic E-state index is -0.487. The zero-order valence-corrected chi connectivity index (χ0v) is 20.1. The average molecular weight is 448 g/mol. The first kappa shape index (κ1) is 22.4. The second-order valence-corrected chi connectivity index (χ2v) is 10.8. The number of rotatable bonds is 4. The number of benzene rings is 1. The van der Waals surface area contributed by atoms with Crippen molar-refractivity contribution in [1.82, 2.24) is 15.5 Å². The molecule has 1 aromatic rings. The highest BCUT2D eigenvalue weighted by Crippen LogP contribution is 2.51. The summed E-state index contributed by atoms with van der Waals surface area (Å²) in [4.78, 5) is 21.2. The van der Waals surface area contributed by atoms with Gasteiger partial charge < -0.3 is 15.5 Å². The minimum Gasteiger partial charge on any atom is -0.370 e. The largest absolute Gasteiger partial charge is 0.370 e. The Balaban J connectivity index is 1.59. The molecule has 1 spiro atoms. The van der Waals surface area contributed by atoms with Crippen LogP contribution in [0.5, 0.6) is 0 Å². The van der Waals surface area contributed by atoms with Crippen LogP contribution >= 0.6 is 0 Å². The van der Waals surface area contributed by atoms with E-state index in [1.807, 2.05) is 6.07 Å². The van der Waals surface area contributed by atoms with Crippen molar-refractivity contribution >= 4 is 11.7 Å². The van der Waals surface area contributed by atoms with Crippen LogP contribution in [-0.2, 0) is 10.2 Å². The zero-order chi connectivity index (χ0) is 23.0. The standard InChI is InChI=1S/C27H37N5O/c1-18(2)20-4-6-21(7-5-20)25-22-15-19(16-28)3-8-23(22)27(9-11-29-12-10-27)26(33)32(25)17-24-30-13-14-31-24/h3,8,15,18,20-21,25,29H,4-7,9-14,17H2,1-2H3,(H,30,31). The van der Waals surface area contributed by atoms with Crippen LogP contribution in [0.1, 0.15) is 75.1 Å². The minimum absolute atomic E-state index is 0.0273. The molecule has 1 atom stereocenters. The van der Waals surface area contributed by atoms with Gasteiger partial charge in [-0.1, -0.05) is 19.9 Å². The number of nitriles is 1. The number of aliphatic imine (C=N–C) groups is 1. The molecule has 6 heteroatoms. The van der Waals surface area contributed by atoms with Crippen molar-refractivity contribution in [3.8, 4) is 6.07 Å².